The summed E-state index contributed by atoms with van der Waals surface area (Å²) >= 11 is 0. The maximum atomic E-state index is 8.48. The fourth-order valence-electron chi connectivity index (χ4n) is 0.361. The lowest BCUT2D eigenvalue weighted by Crippen LogP contribution is -2.26. The van der Waals surface area contributed by atoms with Crippen LogP contribution in [0, 0.1) is 0 Å². The largest absolute Gasteiger partial charge is 0.391 e. The van der Waals surface area contributed by atoms with E-state index in [0.29, 0.717) is 0 Å². The van der Waals surface area contributed by atoms with Gasteiger partial charge in [0.15, 0.2) is 0 Å². The average molecular weight is 88.1 g/mol. The van der Waals surface area contributed by atoms with Crippen molar-refractivity contribution in [3.63, 3.8) is 0 Å². The van der Waals surface area contributed by atoms with Crippen molar-refractivity contribution in [2.75, 3.05) is 0 Å². The number of aliphatic hydroxyl groups is 1. The van der Waals surface area contributed by atoms with E-state index in [1.165, 1.54) is 0 Å². The van der Waals surface area contributed by atoms with Gasteiger partial charge in [-0.3, -0.25) is 11.3 Å². The van der Waals surface area contributed by atoms with Crippen LogP contribution in [0.25, 0.3) is 0 Å². The van der Waals surface area contributed by atoms with Crippen molar-refractivity contribution < 1.29 is 5.11 Å². The SMILES string of the molecule is NNC1CC1O. The second-order valence-corrected chi connectivity index (χ2v) is 1.58. The molecule has 0 heterocycles. The quantitative estimate of drug-likeness (QED) is 0.272. The third-order valence-corrected chi connectivity index (χ3v) is 0.971. The summed E-state index contributed by atoms with van der Waals surface area (Å²) in [5, 5.41) is 8.48. The lowest BCUT2D eigenvalue weighted by molar-refractivity contribution is 0.265. The molecule has 1 fully saturated rings. The van der Waals surface area contributed by atoms with Crippen molar-refractivity contribution in [3.8, 4) is 0 Å². The van der Waals surface area contributed by atoms with Gasteiger partial charge in [-0.1, -0.05) is 0 Å². The number of aliphatic hydroxyl groups excluding tert-OH is 1. The van der Waals surface area contributed by atoms with Crippen molar-refractivity contribution in [2.45, 2.75) is 18.6 Å². The summed E-state index contributed by atoms with van der Waals surface area (Å²) in [5.41, 5.74) is 2.44. The van der Waals surface area contributed by atoms with E-state index in [9.17, 15) is 0 Å². The minimum atomic E-state index is -0.171. The summed E-state index contributed by atoms with van der Waals surface area (Å²) in [6.07, 6.45) is 0.645. The van der Waals surface area contributed by atoms with Gasteiger partial charge in [0.25, 0.3) is 0 Å². The van der Waals surface area contributed by atoms with Crippen LogP contribution in [-0.2, 0) is 0 Å². The van der Waals surface area contributed by atoms with Crippen LogP contribution in [-0.4, -0.2) is 17.3 Å². The molecule has 3 heteroatoms. The van der Waals surface area contributed by atoms with Gasteiger partial charge in [-0.15, -0.1) is 0 Å². The first-order valence-corrected chi connectivity index (χ1v) is 1.99. The van der Waals surface area contributed by atoms with E-state index < -0.39 is 0 Å². The fourth-order valence-corrected chi connectivity index (χ4v) is 0.361. The van der Waals surface area contributed by atoms with Crippen LogP contribution >= 0.6 is 0 Å². The van der Waals surface area contributed by atoms with Gasteiger partial charge in [-0.25, -0.2) is 0 Å². The Morgan fingerprint density at radius 2 is 2.33 bits per heavy atom. The molecule has 36 valence electrons. The summed E-state index contributed by atoms with van der Waals surface area (Å²) < 4.78 is 0. The Balaban J connectivity index is 2.09. The lowest BCUT2D eigenvalue weighted by atomic mass is 10.7. The molecule has 0 aliphatic heterocycles. The smallest absolute Gasteiger partial charge is 0.0724 e. The molecule has 0 aromatic heterocycles. The first-order chi connectivity index (χ1) is 2.84. The molecule has 0 saturated heterocycles. The Labute approximate surface area is 36.1 Å². The topological polar surface area (TPSA) is 58.3 Å². The molecule has 0 aromatic rings. The first-order valence-electron chi connectivity index (χ1n) is 1.99. The Morgan fingerprint density at radius 1 is 1.83 bits per heavy atom. The number of rotatable bonds is 1. The number of nitrogens with two attached hydrogens (primary N) is 1. The third-order valence-electron chi connectivity index (χ3n) is 0.971. The zero-order valence-electron chi connectivity index (χ0n) is 3.39. The molecule has 3 nitrogen and oxygen atoms in total. The molecule has 6 heavy (non-hydrogen) atoms. The molecule has 1 aliphatic rings. The molecule has 2 unspecified atom stereocenters. The van der Waals surface area contributed by atoms with E-state index >= 15 is 0 Å². The molecule has 1 aliphatic carbocycles. The van der Waals surface area contributed by atoms with Crippen LogP contribution in [0.4, 0.5) is 0 Å². The second kappa shape index (κ2) is 1.18. The maximum Gasteiger partial charge on any atom is 0.0724 e. The van der Waals surface area contributed by atoms with Crippen LogP contribution in [0.15, 0.2) is 0 Å². The van der Waals surface area contributed by atoms with Crippen LogP contribution < -0.4 is 11.3 Å². The van der Waals surface area contributed by atoms with Crippen molar-refractivity contribution in [2.24, 2.45) is 5.84 Å². The van der Waals surface area contributed by atoms with Crippen molar-refractivity contribution in [3.05, 3.63) is 0 Å². The van der Waals surface area contributed by atoms with E-state index in [1.54, 1.807) is 0 Å². The molecular weight excluding hydrogens is 80.0 g/mol. The molecule has 2 atom stereocenters. The molecule has 0 spiro atoms. The summed E-state index contributed by atoms with van der Waals surface area (Å²) in [6.45, 7) is 0. The zero-order valence-corrected chi connectivity index (χ0v) is 3.39. The molecule has 1 rings (SSSR count). The van der Waals surface area contributed by atoms with E-state index in [-0.39, 0.29) is 12.1 Å². The molecule has 0 aromatic carbocycles. The zero-order chi connectivity index (χ0) is 4.57. The average Bonchev–Trinajstić information content (AvgIpc) is 2.19. The van der Waals surface area contributed by atoms with Gasteiger partial charge in [0.05, 0.1) is 6.10 Å². The van der Waals surface area contributed by atoms with E-state index in [2.05, 4.69) is 5.43 Å². The summed E-state index contributed by atoms with van der Waals surface area (Å²) in [5.74, 6) is 4.91. The Hall–Kier alpha value is -0.120. The normalized spacial score (nSPS) is 43.0. The van der Waals surface area contributed by atoms with E-state index in [0.717, 1.165) is 6.42 Å². The highest BCUT2D eigenvalue weighted by atomic mass is 16.3. The highest BCUT2D eigenvalue weighted by molar-refractivity contribution is 4.90. The minimum Gasteiger partial charge on any atom is -0.391 e. The lowest BCUT2D eigenvalue weighted by Gasteiger charge is -1.84. The van der Waals surface area contributed by atoms with Gasteiger partial charge in [0.2, 0.25) is 0 Å². The van der Waals surface area contributed by atoms with Crippen LogP contribution in [0.3, 0.4) is 0 Å². The summed E-state index contributed by atoms with van der Waals surface area (Å²) in [7, 11) is 0. The Morgan fingerprint density at radius 3 is 2.33 bits per heavy atom. The molecule has 4 N–H and O–H groups in total. The molecule has 1 saturated carbocycles. The monoisotopic (exact) mass is 88.1 g/mol. The maximum absolute atomic E-state index is 8.48. The van der Waals surface area contributed by atoms with E-state index in [4.69, 9.17) is 10.9 Å². The van der Waals surface area contributed by atoms with Gasteiger partial charge in [-0.2, -0.15) is 0 Å². The van der Waals surface area contributed by atoms with E-state index in [1.807, 2.05) is 0 Å². The minimum absolute atomic E-state index is 0.171. The van der Waals surface area contributed by atoms with Gasteiger partial charge in [0, 0.05) is 6.04 Å². The van der Waals surface area contributed by atoms with Crippen LogP contribution in [0.1, 0.15) is 6.42 Å². The Kier molecular flexibility index (Phi) is 0.799. The number of hydrazine groups is 1. The fraction of sp³-hybridized carbons (Fsp3) is 1.00. The molecular formula is C3H8N2O. The van der Waals surface area contributed by atoms with Crippen LogP contribution in [0.2, 0.25) is 0 Å². The van der Waals surface area contributed by atoms with Crippen molar-refractivity contribution in [1.29, 1.82) is 0 Å². The molecule has 0 radical (unpaired) electrons. The van der Waals surface area contributed by atoms with Crippen molar-refractivity contribution in [1.82, 2.24) is 5.43 Å². The van der Waals surface area contributed by atoms with Gasteiger partial charge in [-0.05, 0) is 6.42 Å². The number of nitrogens with one attached hydrogen (secondary N) is 1. The first kappa shape index (κ1) is 4.05. The third kappa shape index (κ3) is 0.518. The predicted octanol–water partition coefficient (Wildman–Crippen LogP) is -1.42. The van der Waals surface area contributed by atoms with Crippen molar-refractivity contribution >= 4 is 0 Å². The summed E-state index contributed by atoms with van der Waals surface area (Å²) in [4.78, 5) is 0. The highest BCUT2D eigenvalue weighted by Crippen LogP contribution is 2.18. The molecule has 0 bridgehead atoms. The van der Waals surface area contributed by atoms with Gasteiger partial charge >= 0.3 is 0 Å². The predicted molar refractivity (Wildman–Crippen MR) is 21.7 cm³/mol. The molecule has 0 amide bonds. The van der Waals surface area contributed by atoms with Crippen LogP contribution in [0.5, 0.6) is 0 Å². The second-order valence-electron chi connectivity index (χ2n) is 1.58. The number of hydrogen-bond acceptors (Lipinski definition) is 3. The standard InChI is InChI=1S/C3H8N2O/c4-5-2-1-3(2)6/h2-3,5-6H,1,4H2. The highest BCUT2D eigenvalue weighted by Gasteiger charge is 2.33. The number of hydrogen-bond donors (Lipinski definition) is 3. The van der Waals surface area contributed by atoms with Gasteiger partial charge < -0.3 is 5.11 Å². The summed E-state index contributed by atoms with van der Waals surface area (Å²) in [6, 6.07) is 0.185. The van der Waals surface area contributed by atoms with Gasteiger partial charge in [0.1, 0.15) is 0 Å². The Bertz CT molecular complexity index is 54.8.